The molecule has 1 aliphatic heterocycles. The van der Waals surface area contributed by atoms with Gasteiger partial charge in [-0.1, -0.05) is 30.2 Å². The molecule has 1 aliphatic rings. The van der Waals surface area contributed by atoms with E-state index in [1.54, 1.807) is 29.4 Å². The van der Waals surface area contributed by atoms with E-state index in [0.717, 1.165) is 19.3 Å². The Bertz CT molecular complexity index is 568. The van der Waals surface area contributed by atoms with Gasteiger partial charge >= 0.3 is 0 Å². The van der Waals surface area contributed by atoms with Crippen molar-refractivity contribution in [3.05, 3.63) is 28.8 Å². The first-order valence-corrected chi connectivity index (χ1v) is 9.18. The first-order chi connectivity index (χ1) is 9.98. The Morgan fingerprint density at radius 3 is 2.81 bits per heavy atom. The fourth-order valence-corrected chi connectivity index (χ4v) is 5.48. The average molecular weight is 332 g/mol. The first kappa shape index (κ1) is 16.7. The van der Waals surface area contributed by atoms with E-state index in [2.05, 4.69) is 0 Å². The number of benzene rings is 1. The maximum Gasteiger partial charge on any atom is 0.245 e. The minimum Gasteiger partial charge on any atom is -0.396 e. The second-order valence-electron chi connectivity index (χ2n) is 5.52. The van der Waals surface area contributed by atoms with Crippen molar-refractivity contribution in [1.29, 1.82) is 0 Å². The number of rotatable bonds is 5. The second kappa shape index (κ2) is 7.09. The summed E-state index contributed by atoms with van der Waals surface area (Å²) in [6.45, 7) is 2.39. The minimum absolute atomic E-state index is 0.0356. The zero-order chi connectivity index (χ0) is 15.5. The van der Waals surface area contributed by atoms with Gasteiger partial charge in [-0.25, -0.2) is 8.42 Å². The normalized spacial score (nSPS) is 20.6. The van der Waals surface area contributed by atoms with Crippen LogP contribution in [0.1, 0.15) is 37.7 Å². The lowest BCUT2D eigenvalue weighted by Gasteiger charge is -2.35. The summed E-state index contributed by atoms with van der Waals surface area (Å²) in [7, 11) is -3.58. The number of aliphatic hydroxyl groups is 1. The lowest BCUT2D eigenvalue weighted by atomic mass is 10.0. The molecule has 1 aromatic rings. The van der Waals surface area contributed by atoms with Gasteiger partial charge in [0.25, 0.3) is 0 Å². The van der Waals surface area contributed by atoms with E-state index in [9.17, 15) is 8.42 Å². The lowest BCUT2D eigenvalue weighted by molar-refractivity contribution is 0.213. The van der Waals surface area contributed by atoms with Crippen LogP contribution in [0.5, 0.6) is 0 Å². The van der Waals surface area contributed by atoms with E-state index in [1.807, 2.05) is 0 Å². The molecule has 1 aromatic carbocycles. The molecule has 21 heavy (non-hydrogen) atoms. The third-order valence-electron chi connectivity index (χ3n) is 4.00. The zero-order valence-electron chi connectivity index (χ0n) is 12.3. The van der Waals surface area contributed by atoms with E-state index < -0.39 is 10.0 Å². The van der Waals surface area contributed by atoms with Gasteiger partial charge in [-0.2, -0.15) is 4.31 Å². The summed E-state index contributed by atoms with van der Waals surface area (Å²) in [6.07, 6.45) is 4.07. The molecule has 1 N–H and O–H groups in total. The van der Waals surface area contributed by atoms with Crippen molar-refractivity contribution in [2.24, 2.45) is 0 Å². The molecule has 1 saturated heterocycles. The molecule has 0 aromatic heterocycles. The average Bonchev–Trinajstić information content (AvgIpc) is 2.45. The Labute approximate surface area is 131 Å². The summed E-state index contributed by atoms with van der Waals surface area (Å²) in [6, 6.07) is 5.11. The molecule has 0 saturated carbocycles. The molecule has 4 nitrogen and oxygen atoms in total. The highest BCUT2D eigenvalue weighted by Gasteiger charge is 2.35. The molecule has 1 heterocycles. The maximum absolute atomic E-state index is 13.0. The van der Waals surface area contributed by atoms with Crippen molar-refractivity contribution in [2.75, 3.05) is 13.2 Å². The van der Waals surface area contributed by atoms with Crippen molar-refractivity contribution >= 4 is 21.6 Å². The number of aryl methyl sites for hydroxylation is 1. The SMILES string of the molecule is Cc1cccc(Cl)c1S(=O)(=O)N1CCCCC1CCCO. The van der Waals surface area contributed by atoms with Gasteiger partial charge in [-0.15, -0.1) is 0 Å². The van der Waals surface area contributed by atoms with E-state index in [0.29, 0.717) is 24.9 Å². The summed E-state index contributed by atoms with van der Waals surface area (Å²) in [5, 5.41) is 9.28. The quantitative estimate of drug-likeness (QED) is 0.902. The summed E-state index contributed by atoms with van der Waals surface area (Å²) in [5.41, 5.74) is 0.675. The Kier molecular flexibility index (Phi) is 5.66. The molecular weight excluding hydrogens is 310 g/mol. The molecule has 1 unspecified atom stereocenters. The Hall–Kier alpha value is -0.620. The topological polar surface area (TPSA) is 57.6 Å². The Balaban J connectivity index is 2.36. The third kappa shape index (κ3) is 3.59. The van der Waals surface area contributed by atoms with Gasteiger partial charge in [0.1, 0.15) is 4.90 Å². The number of halogens is 1. The molecule has 0 bridgehead atoms. The molecule has 0 spiro atoms. The monoisotopic (exact) mass is 331 g/mol. The van der Waals surface area contributed by atoms with Gasteiger partial charge in [0.05, 0.1) is 5.02 Å². The minimum atomic E-state index is -3.58. The van der Waals surface area contributed by atoms with Crippen LogP contribution in [0.25, 0.3) is 0 Å². The molecular formula is C15H22ClNO3S. The van der Waals surface area contributed by atoms with Gasteiger partial charge in [0.15, 0.2) is 0 Å². The van der Waals surface area contributed by atoms with Crippen molar-refractivity contribution in [3.8, 4) is 0 Å². The standard InChI is InChI=1S/C15H22ClNO3S/c1-12-6-4-9-14(16)15(12)21(19,20)17-10-3-2-7-13(17)8-5-11-18/h4,6,9,13,18H,2-3,5,7-8,10-11H2,1H3. The van der Waals surface area contributed by atoms with Gasteiger partial charge in [-0.3, -0.25) is 0 Å². The number of sulfonamides is 1. The molecule has 0 aliphatic carbocycles. The molecule has 1 fully saturated rings. The smallest absolute Gasteiger partial charge is 0.245 e. The van der Waals surface area contributed by atoms with Crippen LogP contribution >= 0.6 is 11.6 Å². The predicted octanol–water partition coefficient (Wildman–Crippen LogP) is 2.96. The van der Waals surface area contributed by atoms with Crippen LogP contribution in [0.15, 0.2) is 23.1 Å². The zero-order valence-corrected chi connectivity index (χ0v) is 13.8. The van der Waals surface area contributed by atoms with Crippen LogP contribution in [0, 0.1) is 6.92 Å². The number of nitrogens with zero attached hydrogens (tertiary/aromatic N) is 1. The molecule has 6 heteroatoms. The Morgan fingerprint density at radius 2 is 2.14 bits per heavy atom. The van der Waals surface area contributed by atoms with E-state index in [-0.39, 0.29) is 22.6 Å². The highest BCUT2D eigenvalue weighted by Crippen LogP contribution is 2.32. The predicted molar refractivity (Wildman–Crippen MR) is 84.0 cm³/mol. The second-order valence-corrected chi connectivity index (χ2v) is 7.75. The van der Waals surface area contributed by atoms with Gasteiger partial charge in [0.2, 0.25) is 10.0 Å². The van der Waals surface area contributed by atoms with Crippen LogP contribution < -0.4 is 0 Å². The van der Waals surface area contributed by atoms with Crippen LogP contribution in [-0.4, -0.2) is 37.0 Å². The van der Waals surface area contributed by atoms with Crippen molar-refractivity contribution in [2.45, 2.75) is 50.0 Å². The molecule has 1 atom stereocenters. The van der Waals surface area contributed by atoms with Crippen LogP contribution in [0.4, 0.5) is 0 Å². The lowest BCUT2D eigenvalue weighted by Crippen LogP contribution is -2.44. The molecule has 0 amide bonds. The summed E-state index contributed by atoms with van der Waals surface area (Å²) in [4.78, 5) is 0.225. The fourth-order valence-electron chi connectivity index (χ4n) is 2.97. The molecule has 0 radical (unpaired) electrons. The highest BCUT2D eigenvalue weighted by atomic mass is 35.5. The van der Waals surface area contributed by atoms with E-state index in [1.165, 1.54) is 0 Å². The van der Waals surface area contributed by atoms with Crippen molar-refractivity contribution in [3.63, 3.8) is 0 Å². The third-order valence-corrected chi connectivity index (χ3v) is 6.58. The number of aliphatic hydroxyl groups excluding tert-OH is 1. The number of hydrogen-bond donors (Lipinski definition) is 1. The molecule has 118 valence electrons. The van der Waals surface area contributed by atoms with Crippen LogP contribution in [0.3, 0.4) is 0 Å². The number of piperidine rings is 1. The Morgan fingerprint density at radius 1 is 1.38 bits per heavy atom. The van der Waals surface area contributed by atoms with Crippen LogP contribution in [-0.2, 0) is 10.0 Å². The van der Waals surface area contributed by atoms with E-state index in [4.69, 9.17) is 16.7 Å². The fraction of sp³-hybridized carbons (Fsp3) is 0.600. The van der Waals surface area contributed by atoms with E-state index >= 15 is 0 Å². The van der Waals surface area contributed by atoms with Crippen molar-refractivity contribution in [1.82, 2.24) is 4.31 Å². The number of hydrogen-bond acceptors (Lipinski definition) is 3. The molecule has 2 rings (SSSR count). The van der Waals surface area contributed by atoms with Gasteiger partial charge < -0.3 is 5.11 Å². The first-order valence-electron chi connectivity index (χ1n) is 7.36. The van der Waals surface area contributed by atoms with Crippen molar-refractivity contribution < 1.29 is 13.5 Å². The van der Waals surface area contributed by atoms with Gasteiger partial charge in [0, 0.05) is 19.2 Å². The maximum atomic E-state index is 13.0. The van der Waals surface area contributed by atoms with Gasteiger partial charge in [-0.05, 0) is 44.2 Å². The summed E-state index contributed by atoms with van der Waals surface area (Å²) >= 11 is 6.14. The highest BCUT2D eigenvalue weighted by molar-refractivity contribution is 7.89. The summed E-state index contributed by atoms with van der Waals surface area (Å²) < 4.78 is 27.5. The summed E-state index contributed by atoms with van der Waals surface area (Å²) in [5.74, 6) is 0. The largest absolute Gasteiger partial charge is 0.396 e. The van der Waals surface area contributed by atoms with Crippen LogP contribution in [0.2, 0.25) is 5.02 Å².